The third-order valence-electron chi connectivity index (χ3n) is 15.7. The summed E-state index contributed by atoms with van der Waals surface area (Å²) >= 11 is 0. The highest BCUT2D eigenvalue weighted by Crippen LogP contribution is 2.45. The van der Waals surface area contributed by atoms with E-state index in [1.54, 1.807) is 0 Å². The van der Waals surface area contributed by atoms with Gasteiger partial charge in [0.1, 0.15) is 19.3 Å². The van der Waals surface area contributed by atoms with Gasteiger partial charge in [0.25, 0.3) is 0 Å². The lowest BCUT2D eigenvalue weighted by Gasteiger charge is -2.21. The van der Waals surface area contributed by atoms with Gasteiger partial charge in [-0.25, -0.2) is 9.13 Å². The number of aliphatic hydroxyl groups is 1. The van der Waals surface area contributed by atoms with Gasteiger partial charge in [-0.1, -0.05) is 290 Å². The van der Waals surface area contributed by atoms with Gasteiger partial charge in [0, 0.05) is 25.7 Å². The number of carbonyl (C=O) groups excluding carboxylic acids is 4. The number of hydrogen-bond donors (Lipinski definition) is 3. The van der Waals surface area contributed by atoms with Crippen LogP contribution in [-0.2, 0) is 65.4 Å². The van der Waals surface area contributed by atoms with Crippen LogP contribution in [0, 0.1) is 0 Å². The molecule has 0 aliphatic rings. The van der Waals surface area contributed by atoms with Gasteiger partial charge < -0.3 is 33.8 Å². The molecule has 0 aliphatic carbocycles. The van der Waals surface area contributed by atoms with E-state index < -0.39 is 97.5 Å². The number of rotatable bonds is 69. The maximum atomic E-state index is 13.0. The van der Waals surface area contributed by atoms with Crippen molar-refractivity contribution in [3.63, 3.8) is 0 Å². The van der Waals surface area contributed by atoms with E-state index >= 15 is 0 Å². The molecule has 5 atom stereocenters. The van der Waals surface area contributed by atoms with Crippen molar-refractivity contribution in [3.05, 3.63) is 24.3 Å². The van der Waals surface area contributed by atoms with Gasteiger partial charge >= 0.3 is 39.5 Å². The summed E-state index contributed by atoms with van der Waals surface area (Å²) in [5.74, 6) is -2.15. The molecule has 0 rings (SSSR count). The molecule has 0 saturated heterocycles. The van der Waals surface area contributed by atoms with Gasteiger partial charge in [-0.2, -0.15) is 0 Å². The summed E-state index contributed by atoms with van der Waals surface area (Å²) in [5, 5.41) is 10.6. The number of allylic oxidation sites excluding steroid dienone is 4. The fourth-order valence-electron chi connectivity index (χ4n) is 10.2. The molecule has 0 amide bonds. The molecule has 2 unspecified atom stereocenters. The second-order valence-corrected chi connectivity index (χ2v) is 27.5. The Kier molecular flexibility index (Phi) is 62.5. The van der Waals surface area contributed by atoms with Crippen molar-refractivity contribution in [1.29, 1.82) is 0 Å². The van der Waals surface area contributed by atoms with Crippen LogP contribution in [0.3, 0.4) is 0 Å². The monoisotopic (exact) mass is 1310 g/mol. The molecule has 0 bridgehead atoms. The Morgan fingerprint density at radius 2 is 0.539 bits per heavy atom. The van der Waals surface area contributed by atoms with E-state index in [0.717, 1.165) is 103 Å². The number of phosphoric acid groups is 2. The minimum Gasteiger partial charge on any atom is -0.462 e. The average Bonchev–Trinajstić information content (AvgIpc) is 3.53. The summed E-state index contributed by atoms with van der Waals surface area (Å²) in [6, 6.07) is 0. The van der Waals surface area contributed by atoms with Gasteiger partial charge in [0.2, 0.25) is 0 Å². The van der Waals surface area contributed by atoms with Crippen molar-refractivity contribution in [2.75, 3.05) is 39.6 Å². The van der Waals surface area contributed by atoms with Crippen LogP contribution < -0.4 is 0 Å². The molecule has 0 aliphatic heterocycles. The largest absolute Gasteiger partial charge is 0.472 e. The number of aliphatic hydroxyl groups excluding tert-OH is 1. The molecule has 0 saturated carbocycles. The molecular weight excluding hydrogens is 1170 g/mol. The van der Waals surface area contributed by atoms with Gasteiger partial charge in [0.15, 0.2) is 12.2 Å². The van der Waals surface area contributed by atoms with Crippen molar-refractivity contribution in [2.45, 2.75) is 361 Å². The fourth-order valence-corrected chi connectivity index (χ4v) is 11.7. The van der Waals surface area contributed by atoms with Crippen LogP contribution in [0.25, 0.3) is 0 Å². The summed E-state index contributed by atoms with van der Waals surface area (Å²) in [4.78, 5) is 72.5. The maximum absolute atomic E-state index is 13.0. The van der Waals surface area contributed by atoms with E-state index in [0.29, 0.717) is 25.7 Å². The SMILES string of the molecule is CCCCCC/C=C\C=C/CCCCCCCC(=O)O[C@H](COC(=O)CCCCCCCCCCCCCC)COP(=O)(O)OC[C@@H](O)COP(=O)(O)OC[C@@H](COC(=O)CCCCCCCCCCCC)OC(=O)CCCCCCCCCCCCCC. The van der Waals surface area contributed by atoms with Crippen molar-refractivity contribution in [1.82, 2.24) is 0 Å². The smallest absolute Gasteiger partial charge is 0.462 e. The molecule has 524 valence electrons. The molecule has 0 aromatic heterocycles. The Labute approximate surface area is 542 Å². The molecular formula is C70H132O17P2. The quantitative estimate of drug-likeness (QED) is 0.0169. The fraction of sp³-hybridized carbons (Fsp3) is 0.886. The summed E-state index contributed by atoms with van der Waals surface area (Å²) < 4.78 is 68.2. The second-order valence-electron chi connectivity index (χ2n) is 24.6. The number of esters is 4. The highest BCUT2D eigenvalue weighted by atomic mass is 31.2. The Hall–Kier alpha value is -2.46. The minimum atomic E-state index is -4.96. The first-order chi connectivity index (χ1) is 43.2. The van der Waals surface area contributed by atoms with Crippen LogP contribution in [0.15, 0.2) is 24.3 Å². The Bertz CT molecular complexity index is 1800. The number of ether oxygens (including phenoxy) is 4. The topological polar surface area (TPSA) is 237 Å². The molecule has 3 N–H and O–H groups in total. The number of carbonyl (C=O) groups is 4. The van der Waals surface area contributed by atoms with Crippen molar-refractivity contribution in [2.24, 2.45) is 0 Å². The van der Waals surface area contributed by atoms with Crippen LogP contribution in [0.4, 0.5) is 0 Å². The van der Waals surface area contributed by atoms with E-state index in [9.17, 15) is 43.2 Å². The summed E-state index contributed by atoms with van der Waals surface area (Å²) in [6.45, 7) is 4.87. The lowest BCUT2D eigenvalue weighted by Crippen LogP contribution is -2.30. The zero-order valence-electron chi connectivity index (χ0n) is 56.9. The minimum absolute atomic E-state index is 0.0857. The first-order valence-corrected chi connectivity index (χ1v) is 39.1. The summed E-state index contributed by atoms with van der Waals surface area (Å²) in [7, 11) is -9.91. The van der Waals surface area contributed by atoms with Crippen molar-refractivity contribution in [3.8, 4) is 0 Å². The van der Waals surface area contributed by atoms with E-state index in [1.807, 2.05) is 0 Å². The number of hydrogen-bond acceptors (Lipinski definition) is 15. The molecule has 89 heavy (non-hydrogen) atoms. The molecule has 19 heteroatoms. The lowest BCUT2D eigenvalue weighted by molar-refractivity contribution is -0.161. The van der Waals surface area contributed by atoms with Gasteiger partial charge in [-0.3, -0.25) is 37.3 Å². The van der Waals surface area contributed by atoms with Crippen LogP contribution in [0.2, 0.25) is 0 Å². The standard InChI is InChI=1S/C70H132O17P2/c1-5-9-13-17-21-25-29-32-33-34-37-41-45-49-53-57-70(75)87-66(61-81-68(73)55-51-47-43-39-35-30-26-22-18-14-10-6-2)63-85-89(78,79)83-59-64(71)58-82-88(76,77)84-62-65(60-80-67(72)54-50-46-42-38-28-24-20-16-12-8-4)86-69(74)56-52-48-44-40-36-31-27-23-19-15-11-7-3/h25,29,32-33,64-66,71H,5-24,26-28,30-31,34-63H2,1-4H3,(H,76,77)(H,78,79)/b29-25-,33-32-/t64-,65+,66+/m0/s1. The van der Waals surface area contributed by atoms with Crippen LogP contribution in [0.5, 0.6) is 0 Å². The van der Waals surface area contributed by atoms with Gasteiger partial charge in [-0.15, -0.1) is 0 Å². The highest BCUT2D eigenvalue weighted by Gasteiger charge is 2.30. The van der Waals surface area contributed by atoms with Gasteiger partial charge in [0.05, 0.1) is 26.4 Å². The molecule has 0 aromatic rings. The normalized spacial score (nSPS) is 14.2. The highest BCUT2D eigenvalue weighted by molar-refractivity contribution is 7.47. The molecule has 0 radical (unpaired) electrons. The second kappa shape index (κ2) is 64.3. The third-order valence-corrected chi connectivity index (χ3v) is 17.6. The Balaban J connectivity index is 5.28. The average molecular weight is 1310 g/mol. The molecule has 0 aromatic carbocycles. The third kappa shape index (κ3) is 64.1. The number of phosphoric ester groups is 2. The van der Waals surface area contributed by atoms with Crippen molar-refractivity contribution >= 4 is 39.5 Å². The molecule has 0 fully saturated rings. The Morgan fingerprint density at radius 3 is 0.820 bits per heavy atom. The zero-order chi connectivity index (χ0) is 65.4. The van der Waals surface area contributed by atoms with Crippen molar-refractivity contribution < 1.29 is 80.2 Å². The predicted molar refractivity (Wildman–Crippen MR) is 358 cm³/mol. The number of unbranched alkanes of at least 4 members (excludes halogenated alkanes) is 40. The maximum Gasteiger partial charge on any atom is 0.472 e. The molecule has 17 nitrogen and oxygen atoms in total. The van der Waals surface area contributed by atoms with E-state index in [2.05, 4.69) is 52.0 Å². The zero-order valence-corrected chi connectivity index (χ0v) is 58.7. The molecule has 0 spiro atoms. The lowest BCUT2D eigenvalue weighted by atomic mass is 10.0. The van der Waals surface area contributed by atoms with E-state index in [4.69, 9.17) is 37.0 Å². The molecule has 0 heterocycles. The first-order valence-electron chi connectivity index (χ1n) is 36.1. The summed E-state index contributed by atoms with van der Waals surface area (Å²) in [5.41, 5.74) is 0. The Morgan fingerprint density at radius 1 is 0.315 bits per heavy atom. The van der Waals surface area contributed by atoms with Crippen LogP contribution in [-0.4, -0.2) is 96.7 Å². The summed E-state index contributed by atoms with van der Waals surface area (Å²) in [6.07, 6.45) is 54.7. The van der Waals surface area contributed by atoms with Crippen LogP contribution in [0.1, 0.15) is 342 Å². The first kappa shape index (κ1) is 86.5. The predicted octanol–water partition coefficient (Wildman–Crippen LogP) is 19.8. The van der Waals surface area contributed by atoms with Gasteiger partial charge in [-0.05, 0) is 51.4 Å². The van der Waals surface area contributed by atoms with E-state index in [-0.39, 0.29) is 25.7 Å². The van der Waals surface area contributed by atoms with Crippen LogP contribution >= 0.6 is 15.6 Å². The van der Waals surface area contributed by atoms with E-state index in [1.165, 1.54) is 161 Å².